The number of anilines is 1. The van der Waals surface area contributed by atoms with Crippen molar-refractivity contribution in [3.8, 4) is 0 Å². The molecule has 3 saturated heterocycles. The van der Waals surface area contributed by atoms with Gasteiger partial charge in [0.1, 0.15) is 36.3 Å². The molecule has 3 fully saturated rings. The highest BCUT2D eigenvalue weighted by Gasteiger charge is 2.57. The van der Waals surface area contributed by atoms with Gasteiger partial charge in [0.25, 0.3) is 16.7 Å². The van der Waals surface area contributed by atoms with E-state index in [2.05, 4.69) is 33.5 Å². The molecule has 0 spiro atoms. The van der Waals surface area contributed by atoms with Crippen molar-refractivity contribution in [2.24, 2.45) is 7.05 Å². The molecule has 60 heavy (non-hydrogen) atoms. The summed E-state index contributed by atoms with van der Waals surface area (Å²) in [5.74, 6) is 0.0464. The molecule has 6 unspecified atom stereocenters. The second-order valence-corrected chi connectivity index (χ2v) is 18.3. The lowest BCUT2D eigenvalue weighted by Crippen LogP contribution is -2.35. The number of benzene rings is 1. The van der Waals surface area contributed by atoms with Crippen molar-refractivity contribution in [1.82, 2.24) is 34.1 Å². The average molecular weight is 905 g/mol. The number of fused-ring (bicyclic) bond motifs is 3. The number of aryl methyl sites for hydroxylation is 2. The molecule has 324 valence electrons. The number of aliphatic hydroxyl groups is 1. The maximum atomic E-state index is 13.0. The van der Waals surface area contributed by atoms with E-state index in [1.54, 1.807) is 37.4 Å². The molecular weight excluding hydrogens is 867 g/mol. The topological polar surface area (TPSA) is 359 Å². The van der Waals surface area contributed by atoms with Crippen LogP contribution in [-0.2, 0) is 62.1 Å². The molecule has 7 heterocycles. The van der Waals surface area contributed by atoms with Crippen LogP contribution < -0.4 is 21.4 Å². The van der Waals surface area contributed by atoms with E-state index in [1.165, 1.54) is 40.4 Å². The van der Waals surface area contributed by atoms with Crippen LogP contribution in [0, 0.1) is 6.92 Å². The minimum absolute atomic E-state index is 0.0472. The monoisotopic (exact) mass is 904 g/mol. The Morgan fingerprint density at radius 2 is 1.50 bits per heavy atom. The molecule has 0 aliphatic carbocycles. The van der Waals surface area contributed by atoms with E-state index in [0.717, 1.165) is 0 Å². The number of nitrogen functional groups attached to an aromatic ring is 1. The number of ether oxygens (including phenoxy) is 5. The molecule has 3 aliphatic rings. The third-order valence-electron chi connectivity index (χ3n) is 9.61. The summed E-state index contributed by atoms with van der Waals surface area (Å²) in [6.07, 6.45) is -7.94. The van der Waals surface area contributed by atoms with Crippen molar-refractivity contribution >= 4 is 51.7 Å². The third kappa shape index (κ3) is 8.29. The Morgan fingerprint density at radius 3 is 2.18 bits per heavy atom. The van der Waals surface area contributed by atoms with Crippen molar-refractivity contribution in [3.05, 3.63) is 75.1 Å². The molecule has 0 saturated carbocycles. The molecule has 0 amide bonds. The number of phosphoric acid groups is 3. The average Bonchev–Trinajstić information content (AvgIpc) is 3.97. The summed E-state index contributed by atoms with van der Waals surface area (Å²) < 4.78 is 90.8. The number of phosphoric ester groups is 2. The number of rotatable bonds is 14. The molecule has 4 aromatic heterocycles. The summed E-state index contributed by atoms with van der Waals surface area (Å²) in [7, 11) is -14.4. The van der Waals surface area contributed by atoms with E-state index in [9.17, 15) is 43.1 Å². The van der Waals surface area contributed by atoms with Gasteiger partial charge in [0, 0.05) is 12.7 Å². The normalized spacial score (nSPS) is 29.8. The van der Waals surface area contributed by atoms with E-state index in [1.807, 2.05) is 0 Å². The summed E-state index contributed by atoms with van der Waals surface area (Å²) >= 11 is 0. The first kappa shape index (κ1) is 42.6. The number of aliphatic hydroxyl groups excluding tert-OH is 1. The van der Waals surface area contributed by atoms with Gasteiger partial charge in [0.15, 0.2) is 29.8 Å². The third-order valence-corrected chi connectivity index (χ3v) is 13.9. The highest BCUT2D eigenvalue weighted by atomic mass is 31.3. The second-order valence-electron chi connectivity index (χ2n) is 13.7. The molecule has 8 N–H and O–H groups in total. The summed E-state index contributed by atoms with van der Waals surface area (Å²) in [5.41, 5.74) is 5.55. The largest absolute Gasteiger partial charge is 0.490 e. The van der Waals surface area contributed by atoms with Gasteiger partial charge in [-0.2, -0.15) is 18.2 Å². The van der Waals surface area contributed by atoms with Crippen LogP contribution in [0.2, 0.25) is 0 Å². The van der Waals surface area contributed by atoms with Crippen molar-refractivity contribution < 1.29 is 79.4 Å². The summed E-state index contributed by atoms with van der Waals surface area (Å²) in [6, 6.07) is 8.75. The number of methoxy groups -OCH3 is 1. The highest BCUT2D eigenvalue weighted by Crippen LogP contribution is 2.68. The minimum atomic E-state index is -5.95. The predicted molar refractivity (Wildman–Crippen MR) is 196 cm³/mol. The summed E-state index contributed by atoms with van der Waals surface area (Å²) in [6.45, 7) is -0.236. The number of aromatic nitrogens is 8. The van der Waals surface area contributed by atoms with E-state index >= 15 is 0 Å². The van der Waals surface area contributed by atoms with Gasteiger partial charge in [0.05, 0.1) is 26.6 Å². The van der Waals surface area contributed by atoms with Crippen LogP contribution >= 0.6 is 23.5 Å². The van der Waals surface area contributed by atoms with Crippen molar-refractivity contribution in [3.63, 3.8) is 0 Å². The van der Waals surface area contributed by atoms with Gasteiger partial charge < -0.3 is 54.2 Å². The standard InChI is InChI=1S/C30H36N9O18P3/c1-13-33-23-17(25(41)34-13)32-11-38(23)27-19(40)20(49-3)15(52-27)9-50-58(43,44)56-60(47,48)57-59(45,46)51-10-16-21-22(55-29(54-21)14-7-5-4-6-8-14)28(53-16)39-12-37(2)18-24(39)35-30(31)36-26(18)42/h4-8,11-12,15-16,19-22,27-29,40H,9-10H2,1-3H3,(H6-,31,33,34,35,36,41,42,43,44,45,46,47,48)/p+1/t15-,16-,19?,20+,21+,22?,27-,28-,29?/m1/s1. The van der Waals surface area contributed by atoms with Gasteiger partial charge in [-0.1, -0.05) is 30.3 Å². The Hall–Kier alpha value is -4.11. The molecule has 30 heteroatoms. The first-order chi connectivity index (χ1) is 28.3. The van der Waals surface area contributed by atoms with Crippen molar-refractivity contribution in [1.29, 1.82) is 0 Å². The van der Waals surface area contributed by atoms with Gasteiger partial charge in [-0.05, 0) is 6.92 Å². The number of aromatic amines is 2. The second kappa shape index (κ2) is 16.0. The first-order valence-electron chi connectivity index (χ1n) is 17.6. The Kier molecular flexibility index (Phi) is 11.3. The Bertz CT molecular complexity index is 2690. The van der Waals surface area contributed by atoms with Crippen LogP contribution in [0.15, 0.2) is 52.6 Å². The Morgan fingerprint density at radius 1 is 0.850 bits per heavy atom. The van der Waals surface area contributed by atoms with Crippen LogP contribution in [0.5, 0.6) is 0 Å². The molecule has 3 aliphatic heterocycles. The van der Waals surface area contributed by atoms with Gasteiger partial charge >= 0.3 is 29.0 Å². The number of hydrogen-bond donors (Lipinski definition) is 7. The van der Waals surface area contributed by atoms with Gasteiger partial charge in [0.2, 0.25) is 18.5 Å². The van der Waals surface area contributed by atoms with Crippen LogP contribution in [-0.4, -0.2) is 111 Å². The summed E-state index contributed by atoms with van der Waals surface area (Å²) in [5, 5.41) is 11.0. The fourth-order valence-corrected chi connectivity index (χ4v) is 10.7. The number of H-pyrrole nitrogens is 2. The molecule has 5 aromatic rings. The number of nitrogens with two attached hydrogens (primary N) is 1. The Labute approximate surface area is 335 Å². The minimum Gasteiger partial charge on any atom is -0.386 e. The molecule has 0 bridgehead atoms. The maximum Gasteiger partial charge on any atom is 0.490 e. The highest BCUT2D eigenvalue weighted by molar-refractivity contribution is 7.66. The van der Waals surface area contributed by atoms with E-state index in [0.29, 0.717) is 5.56 Å². The lowest BCUT2D eigenvalue weighted by Gasteiger charge is -2.22. The zero-order chi connectivity index (χ0) is 42.9. The number of nitrogens with zero attached hydrogens (tertiary/aromatic N) is 6. The van der Waals surface area contributed by atoms with Gasteiger partial charge in [-0.15, -0.1) is 0 Å². The zero-order valence-electron chi connectivity index (χ0n) is 31.3. The van der Waals surface area contributed by atoms with E-state index < -0.39 is 103 Å². The fraction of sp³-hybridized carbons (Fsp3) is 0.467. The zero-order valence-corrected chi connectivity index (χ0v) is 33.9. The quantitative estimate of drug-likeness (QED) is 0.0550. The molecule has 0 radical (unpaired) electrons. The van der Waals surface area contributed by atoms with Crippen LogP contribution in [0.25, 0.3) is 22.3 Å². The van der Waals surface area contributed by atoms with Gasteiger partial charge in [-0.25, -0.2) is 28.2 Å². The Balaban J connectivity index is 0.926. The maximum absolute atomic E-state index is 13.0. The van der Waals surface area contributed by atoms with Crippen LogP contribution in [0.3, 0.4) is 0 Å². The smallest absolute Gasteiger partial charge is 0.386 e. The molecule has 8 rings (SSSR count). The number of imidazole rings is 2. The SMILES string of the molecule is CO[C@@H]1C(O)[C@H](n2cnc3c(=O)[nH]c(C)nc32)O[C@@H]1COP(=O)(O)OP(=O)(O)OP(=O)(O)OC[C@H]1O[C@@H](n2c[n+](C)c3c(=O)[nH]c(N)nc32)C2OC(c3ccccc3)O[C@H]21. The molecule has 12 atom stereocenters. The van der Waals surface area contributed by atoms with E-state index in [4.69, 9.17) is 38.5 Å². The van der Waals surface area contributed by atoms with Crippen LogP contribution in [0.4, 0.5) is 5.95 Å². The lowest BCUT2D eigenvalue weighted by molar-refractivity contribution is -0.646. The molecule has 1 aromatic carbocycles. The van der Waals surface area contributed by atoms with Crippen molar-refractivity contribution in [2.75, 3.05) is 26.1 Å². The predicted octanol–water partition coefficient (Wildman–Crippen LogP) is -0.406. The van der Waals surface area contributed by atoms with Gasteiger partial charge in [-0.3, -0.25) is 28.2 Å². The fourth-order valence-electron chi connectivity index (χ4n) is 7.17. The first-order valence-corrected chi connectivity index (χ1v) is 22.1. The number of hydrogen-bond acceptors (Lipinski definition) is 19. The van der Waals surface area contributed by atoms with E-state index in [-0.39, 0.29) is 34.1 Å². The molecular formula is C30H37N9O18P3+. The molecule has 27 nitrogen and oxygen atoms in total. The van der Waals surface area contributed by atoms with Crippen LogP contribution in [0.1, 0.15) is 30.1 Å². The summed E-state index contributed by atoms with van der Waals surface area (Å²) in [4.78, 5) is 73.4. The van der Waals surface area contributed by atoms with Crippen molar-refractivity contribution in [2.45, 2.75) is 62.3 Å². The number of nitrogens with one attached hydrogen (secondary N) is 2. The lowest BCUT2D eigenvalue weighted by atomic mass is 10.1.